The van der Waals surface area contributed by atoms with Crippen molar-refractivity contribution >= 4 is 15.9 Å². The highest BCUT2D eigenvalue weighted by Crippen LogP contribution is 2.33. The van der Waals surface area contributed by atoms with Gasteiger partial charge in [-0.3, -0.25) is 4.79 Å². The number of halogens is 1. The van der Waals surface area contributed by atoms with Crippen molar-refractivity contribution in [1.29, 1.82) is 0 Å². The predicted octanol–water partition coefficient (Wildman–Crippen LogP) is 1.94. The van der Waals surface area contributed by atoms with E-state index in [1.807, 2.05) is 13.8 Å². The second-order valence-corrected chi connectivity index (χ2v) is 8.52. The molecule has 0 radical (unpaired) electrons. The van der Waals surface area contributed by atoms with Crippen LogP contribution in [-0.2, 0) is 21.2 Å². The van der Waals surface area contributed by atoms with Crippen LogP contribution in [0.25, 0.3) is 0 Å². The molecule has 1 aliphatic rings. The van der Waals surface area contributed by atoms with Gasteiger partial charge in [0.15, 0.2) is 0 Å². The number of nitrogens with zero attached hydrogens (tertiary/aromatic N) is 2. The monoisotopic (exact) mass is 342 g/mol. The quantitative estimate of drug-likeness (QED) is 0.840. The van der Waals surface area contributed by atoms with Crippen molar-refractivity contribution in [3.8, 4) is 0 Å². The van der Waals surface area contributed by atoms with Crippen LogP contribution in [0, 0.1) is 5.82 Å². The number of benzene rings is 1. The van der Waals surface area contributed by atoms with Crippen LogP contribution in [0.2, 0.25) is 0 Å². The van der Waals surface area contributed by atoms with Crippen molar-refractivity contribution in [2.24, 2.45) is 0 Å². The maximum absolute atomic E-state index is 13.4. The summed E-state index contributed by atoms with van der Waals surface area (Å²) in [6.07, 6.45) is 0.523. The van der Waals surface area contributed by atoms with Gasteiger partial charge >= 0.3 is 0 Å². The van der Waals surface area contributed by atoms with Crippen molar-refractivity contribution in [2.45, 2.75) is 38.8 Å². The average molecular weight is 342 g/mol. The smallest absolute Gasteiger partial charge is 0.224 e. The zero-order chi connectivity index (χ0) is 17.4. The summed E-state index contributed by atoms with van der Waals surface area (Å²) in [6, 6.07) is 4.33. The maximum Gasteiger partial charge on any atom is 0.224 e. The van der Waals surface area contributed by atoms with Gasteiger partial charge in [0, 0.05) is 26.6 Å². The molecule has 0 saturated carbocycles. The molecule has 2 atom stereocenters. The number of sulfonamides is 1. The van der Waals surface area contributed by atoms with Crippen LogP contribution in [0.4, 0.5) is 4.39 Å². The van der Waals surface area contributed by atoms with E-state index >= 15 is 0 Å². The van der Waals surface area contributed by atoms with Gasteiger partial charge in [-0.05, 0) is 43.5 Å². The molecule has 2 rings (SSSR count). The first-order valence-electron chi connectivity index (χ1n) is 7.63. The molecule has 1 amide bonds. The fourth-order valence-electron chi connectivity index (χ4n) is 3.10. The Balaban J connectivity index is 2.17. The van der Waals surface area contributed by atoms with E-state index in [1.165, 1.54) is 26.2 Å². The van der Waals surface area contributed by atoms with E-state index in [9.17, 15) is 17.6 Å². The molecule has 0 spiro atoms. The zero-order valence-corrected chi connectivity index (χ0v) is 14.7. The standard InChI is InChI=1S/C16H23FN2O3S/c1-11-9-13-10-14(17)5-6-15(13)12(2)19(11)16(20)7-8-23(21,22)18(3)4/h5-6,10-12H,7-9H2,1-4H3. The molecular weight excluding hydrogens is 319 g/mol. The molecule has 0 bridgehead atoms. The van der Waals surface area contributed by atoms with Gasteiger partial charge in [-0.25, -0.2) is 17.1 Å². The van der Waals surface area contributed by atoms with E-state index < -0.39 is 10.0 Å². The Kier molecular flexibility index (Phi) is 5.10. The minimum absolute atomic E-state index is 0.0499. The van der Waals surface area contributed by atoms with E-state index in [-0.39, 0.29) is 36.0 Å². The van der Waals surface area contributed by atoms with Crippen LogP contribution in [-0.4, -0.2) is 49.4 Å². The Morgan fingerprint density at radius 2 is 2.00 bits per heavy atom. The van der Waals surface area contributed by atoms with E-state index in [0.29, 0.717) is 6.42 Å². The lowest BCUT2D eigenvalue weighted by Gasteiger charge is -2.40. The number of carbonyl (C=O) groups excluding carboxylic acids is 1. The minimum atomic E-state index is -3.40. The number of hydrogen-bond acceptors (Lipinski definition) is 3. The van der Waals surface area contributed by atoms with E-state index in [1.54, 1.807) is 11.0 Å². The molecule has 1 heterocycles. The van der Waals surface area contributed by atoms with Crippen molar-refractivity contribution < 1.29 is 17.6 Å². The lowest BCUT2D eigenvalue weighted by Crippen LogP contribution is -2.45. The van der Waals surface area contributed by atoms with Gasteiger partial charge in [-0.2, -0.15) is 0 Å². The molecular formula is C16H23FN2O3S. The Bertz CT molecular complexity index is 703. The van der Waals surface area contributed by atoms with E-state index in [0.717, 1.165) is 15.4 Å². The largest absolute Gasteiger partial charge is 0.333 e. The molecule has 5 nitrogen and oxygen atoms in total. The maximum atomic E-state index is 13.4. The van der Waals surface area contributed by atoms with E-state index in [2.05, 4.69) is 0 Å². The average Bonchev–Trinajstić information content (AvgIpc) is 2.44. The summed E-state index contributed by atoms with van der Waals surface area (Å²) in [5, 5.41) is 0. The fourth-order valence-corrected chi connectivity index (χ4v) is 3.89. The number of carbonyl (C=O) groups is 1. The summed E-state index contributed by atoms with van der Waals surface area (Å²) in [5.74, 6) is -0.671. The normalized spacial score (nSPS) is 21.4. The Labute approximate surface area is 137 Å². The number of rotatable bonds is 4. The molecule has 1 aliphatic heterocycles. The summed E-state index contributed by atoms with van der Waals surface area (Å²) in [7, 11) is -0.487. The third-order valence-electron chi connectivity index (χ3n) is 4.38. The van der Waals surface area contributed by atoms with Crippen molar-refractivity contribution in [3.05, 3.63) is 35.1 Å². The first-order chi connectivity index (χ1) is 10.6. The van der Waals surface area contributed by atoms with Crippen LogP contribution >= 0.6 is 0 Å². The van der Waals surface area contributed by atoms with Crippen molar-refractivity contribution in [2.75, 3.05) is 19.8 Å². The molecule has 0 saturated heterocycles. The van der Waals surface area contributed by atoms with Gasteiger partial charge in [0.25, 0.3) is 0 Å². The molecule has 1 aromatic carbocycles. The SMILES string of the molecule is CC1Cc2cc(F)ccc2C(C)N1C(=O)CCS(=O)(=O)N(C)C. The van der Waals surface area contributed by atoms with Gasteiger partial charge in [0.05, 0.1) is 11.8 Å². The molecule has 2 unspecified atom stereocenters. The van der Waals surface area contributed by atoms with Crippen LogP contribution in [0.5, 0.6) is 0 Å². The van der Waals surface area contributed by atoms with Gasteiger partial charge in [-0.15, -0.1) is 0 Å². The molecule has 0 aromatic heterocycles. The van der Waals surface area contributed by atoms with Crippen LogP contribution in [0.15, 0.2) is 18.2 Å². The number of fused-ring (bicyclic) bond motifs is 1. The van der Waals surface area contributed by atoms with Gasteiger partial charge < -0.3 is 4.90 Å². The molecule has 1 aromatic rings. The first kappa shape index (κ1) is 17.9. The highest BCUT2D eigenvalue weighted by atomic mass is 32.2. The van der Waals surface area contributed by atoms with Crippen molar-refractivity contribution in [1.82, 2.24) is 9.21 Å². The van der Waals surface area contributed by atoms with E-state index in [4.69, 9.17) is 0 Å². The second kappa shape index (κ2) is 6.57. The summed E-state index contributed by atoms with van der Waals surface area (Å²) in [5.41, 5.74) is 1.84. The molecule has 0 N–H and O–H groups in total. The minimum Gasteiger partial charge on any atom is -0.333 e. The molecule has 7 heteroatoms. The predicted molar refractivity (Wildman–Crippen MR) is 86.9 cm³/mol. The highest BCUT2D eigenvalue weighted by Gasteiger charge is 2.33. The molecule has 0 aliphatic carbocycles. The molecule has 23 heavy (non-hydrogen) atoms. The molecule has 128 valence electrons. The number of hydrogen-bond donors (Lipinski definition) is 0. The van der Waals surface area contributed by atoms with Crippen molar-refractivity contribution in [3.63, 3.8) is 0 Å². The third kappa shape index (κ3) is 3.72. The second-order valence-electron chi connectivity index (χ2n) is 6.22. The summed E-state index contributed by atoms with van der Waals surface area (Å²) >= 11 is 0. The van der Waals surface area contributed by atoms with Gasteiger partial charge in [0.1, 0.15) is 5.82 Å². The zero-order valence-electron chi connectivity index (χ0n) is 13.9. The lowest BCUT2D eigenvalue weighted by atomic mass is 9.89. The van der Waals surface area contributed by atoms with Crippen LogP contribution < -0.4 is 0 Å². The lowest BCUT2D eigenvalue weighted by molar-refractivity contribution is -0.135. The molecule has 0 fully saturated rings. The Hall–Kier alpha value is -1.47. The van der Waals surface area contributed by atoms with Crippen LogP contribution in [0.1, 0.15) is 37.4 Å². The Morgan fingerprint density at radius 3 is 2.61 bits per heavy atom. The Morgan fingerprint density at radius 1 is 1.35 bits per heavy atom. The summed E-state index contributed by atoms with van der Waals surface area (Å²) < 4.78 is 38.2. The third-order valence-corrected chi connectivity index (χ3v) is 6.21. The first-order valence-corrected chi connectivity index (χ1v) is 9.24. The summed E-state index contributed by atoms with van der Waals surface area (Å²) in [4.78, 5) is 14.2. The summed E-state index contributed by atoms with van der Waals surface area (Å²) in [6.45, 7) is 3.80. The fraction of sp³-hybridized carbons (Fsp3) is 0.562. The van der Waals surface area contributed by atoms with Crippen LogP contribution in [0.3, 0.4) is 0 Å². The number of amides is 1. The van der Waals surface area contributed by atoms with Gasteiger partial charge in [-0.1, -0.05) is 6.07 Å². The topological polar surface area (TPSA) is 57.7 Å². The van der Waals surface area contributed by atoms with Gasteiger partial charge in [0.2, 0.25) is 15.9 Å². The highest BCUT2D eigenvalue weighted by molar-refractivity contribution is 7.89.